The third-order valence-corrected chi connectivity index (χ3v) is 4.24. The van der Waals surface area contributed by atoms with Gasteiger partial charge >= 0.3 is 5.97 Å². The van der Waals surface area contributed by atoms with E-state index in [9.17, 15) is 15.0 Å². The molecule has 0 fully saturated rings. The molecular formula is C20H19NO5. The normalized spacial score (nSPS) is 13.2. The number of aromatic nitrogens is 1. The number of esters is 1. The van der Waals surface area contributed by atoms with Crippen molar-refractivity contribution in [2.75, 3.05) is 14.2 Å². The Morgan fingerprint density at radius 3 is 2.35 bits per heavy atom. The number of fused-ring (bicyclic) bond motifs is 1. The van der Waals surface area contributed by atoms with Gasteiger partial charge in [-0.05, 0) is 17.7 Å². The first-order valence-electron chi connectivity index (χ1n) is 8.04. The molecule has 0 saturated carbocycles. The fourth-order valence-electron chi connectivity index (χ4n) is 2.86. The number of rotatable bonds is 5. The van der Waals surface area contributed by atoms with Gasteiger partial charge in [-0.3, -0.25) is 0 Å². The van der Waals surface area contributed by atoms with E-state index >= 15 is 0 Å². The Hall–Kier alpha value is -2.96. The molecule has 0 saturated heterocycles. The minimum Gasteiger partial charge on any atom is -0.481 e. The molecule has 0 bridgehead atoms. The second-order valence-corrected chi connectivity index (χ2v) is 5.74. The van der Waals surface area contributed by atoms with Gasteiger partial charge in [0.05, 0.1) is 25.3 Å². The molecule has 134 valence electrons. The molecule has 3 aromatic rings. The third kappa shape index (κ3) is 3.24. The van der Waals surface area contributed by atoms with E-state index in [0.29, 0.717) is 33.5 Å². The van der Waals surface area contributed by atoms with E-state index in [1.807, 2.05) is 6.07 Å². The SMILES string of the molecule is COC(=O)c1ccc([C@@H](O)[C@H](O)c2ccccc2)c2nc(OC)ccc12. The van der Waals surface area contributed by atoms with Crippen LogP contribution in [0.1, 0.15) is 33.7 Å². The number of carbonyl (C=O) groups excluding carboxylic acids is 1. The van der Waals surface area contributed by atoms with Gasteiger partial charge in [0.15, 0.2) is 0 Å². The first-order chi connectivity index (χ1) is 12.6. The zero-order chi connectivity index (χ0) is 18.7. The Balaban J connectivity index is 2.14. The number of hydrogen-bond donors (Lipinski definition) is 2. The average molecular weight is 353 g/mol. The summed E-state index contributed by atoms with van der Waals surface area (Å²) in [6, 6.07) is 15.3. The maximum atomic E-state index is 12.0. The van der Waals surface area contributed by atoms with Crippen LogP contribution in [0.5, 0.6) is 5.88 Å². The van der Waals surface area contributed by atoms with E-state index in [4.69, 9.17) is 9.47 Å². The topological polar surface area (TPSA) is 88.9 Å². The Bertz CT molecular complexity index is 926. The highest BCUT2D eigenvalue weighted by Crippen LogP contribution is 2.34. The van der Waals surface area contributed by atoms with E-state index in [0.717, 1.165) is 0 Å². The summed E-state index contributed by atoms with van der Waals surface area (Å²) in [4.78, 5) is 16.4. The second kappa shape index (κ2) is 7.51. The number of ether oxygens (including phenoxy) is 2. The number of pyridine rings is 1. The molecule has 2 aromatic carbocycles. The Morgan fingerprint density at radius 1 is 0.962 bits per heavy atom. The molecule has 26 heavy (non-hydrogen) atoms. The van der Waals surface area contributed by atoms with Crippen LogP contribution in [0.2, 0.25) is 0 Å². The Labute approximate surface area is 150 Å². The quantitative estimate of drug-likeness (QED) is 0.686. The molecule has 3 rings (SSSR count). The molecule has 0 aliphatic rings. The first kappa shape index (κ1) is 17.8. The molecule has 0 aliphatic carbocycles. The van der Waals surface area contributed by atoms with Gasteiger partial charge in [0.1, 0.15) is 12.2 Å². The van der Waals surface area contributed by atoms with E-state index in [2.05, 4.69) is 4.98 Å². The van der Waals surface area contributed by atoms with Crippen LogP contribution in [0.15, 0.2) is 54.6 Å². The van der Waals surface area contributed by atoms with Crippen LogP contribution in [0.3, 0.4) is 0 Å². The summed E-state index contributed by atoms with van der Waals surface area (Å²) in [6.45, 7) is 0. The number of nitrogens with zero attached hydrogens (tertiary/aromatic N) is 1. The van der Waals surface area contributed by atoms with Crippen molar-refractivity contribution in [1.82, 2.24) is 4.98 Å². The molecular weight excluding hydrogens is 334 g/mol. The lowest BCUT2D eigenvalue weighted by atomic mass is 9.94. The van der Waals surface area contributed by atoms with Crippen molar-refractivity contribution in [1.29, 1.82) is 0 Å². The van der Waals surface area contributed by atoms with Crippen LogP contribution >= 0.6 is 0 Å². The zero-order valence-corrected chi connectivity index (χ0v) is 14.4. The summed E-state index contributed by atoms with van der Waals surface area (Å²) in [6.07, 6.45) is -2.37. The Morgan fingerprint density at radius 2 is 1.69 bits per heavy atom. The van der Waals surface area contributed by atoms with Crippen LogP contribution in [0.25, 0.3) is 10.9 Å². The lowest BCUT2D eigenvalue weighted by Gasteiger charge is -2.20. The summed E-state index contributed by atoms with van der Waals surface area (Å²) in [5.74, 6) is -0.172. The van der Waals surface area contributed by atoms with Crippen LogP contribution < -0.4 is 4.74 Å². The molecule has 0 unspecified atom stereocenters. The van der Waals surface area contributed by atoms with E-state index in [1.165, 1.54) is 14.2 Å². The third-order valence-electron chi connectivity index (χ3n) is 4.24. The number of hydrogen-bond acceptors (Lipinski definition) is 6. The minimum absolute atomic E-state index is 0.322. The molecule has 0 aliphatic heterocycles. The van der Waals surface area contributed by atoms with Gasteiger partial charge in [0.25, 0.3) is 0 Å². The van der Waals surface area contributed by atoms with Crippen LogP contribution in [0, 0.1) is 0 Å². The van der Waals surface area contributed by atoms with E-state index in [1.54, 1.807) is 48.5 Å². The van der Waals surface area contributed by atoms with Crippen LogP contribution in [0.4, 0.5) is 0 Å². The van der Waals surface area contributed by atoms with Crippen molar-refractivity contribution in [3.05, 3.63) is 71.3 Å². The number of methoxy groups -OCH3 is 2. The molecule has 6 nitrogen and oxygen atoms in total. The van der Waals surface area contributed by atoms with Crippen molar-refractivity contribution in [3.8, 4) is 5.88 Å². The summed E-state index contributed by atoms with van der Waals surface area (Å²) in [5.41, 5.74) is 1.66. The second-order valence-electron chi connectivity index (χ2n) is 5.74. The standard InChI is InChI=1S/C20H19NO5/c1-25-16-11-10-13-14(20(24)26-2)8-9-15(17(13)21-16)19(23)18(22)12-6-4-3-5-7-12/h3-11,18-19,22-23H,1-2H3/t18-,19-/m1/s1. The van der Waals surface area contributed by atoms with Crippen LogP contribution in [-0.4, -0.2) is 35.4 Å². The zero-order valence-electron chi connectivity index (χ0n) is 14.4. The largest absolute Gasteiger partial charge is 0.481 e. The van der Waals surface area contributed by atoms with Crippen LogP contribution in [-0.2, 0) is 4.74 Å². The molecule has 1 heterocycles. The lowest BCUT2D eigenvalue weighted by molar-refractivity contribution is 0.0180. The minimum atomic E-state index is -1.23. The highest BCUT2D eigenvalue weighted by atomic mass is 16.5. The monoisotopic (exact) mass is 353 g/mol. The number of aliphatic hydroxyl groups is 2. The van der Waals surface area contributed by atoms with Crippen molar-refractivity contribution in [2.45, 2.75) is 12.2 Å². The van der Waals surface area contributed by atoms with Crippen molar-refractivity contribution >= 4 is 16.9 Å². The number of benzene rings is 2. The highest BCUT2D eigenvalue weighted by Gasteiger charge is 2.25. The molecule has 6 heteroatoms. The Kier molecular flexibility index (Phi) is 5.16. The first-order valence-corrected chi connectivity index (χ1v) is 8.04. The van der Waals surface area contributed by atoms with E-state index < -0.39 is 18.2 Å². The van der Waals surface area contributed by atoms with Gasteiger partial charge in [-0.1, -0.05) is 36.4 Å². The molecule has 0 radical (unpaired) electrons. The fraction of sp³-hybridized carbons (Fsp3) is 0.200. The predicted octanol–water partition coefficient (Wildman–Crippen LogP) is 2.80. The van der Waals surface area contributed by atoms with Crippen molar-refractivity contribution < 1.29 is 24.5 Å². The van der Waals surface area contributed by atoms with Crippen molar-refractivity contribution in [3.63, 3.8) is 0 Å². The van der Waals surface area contributed by atoms with Gasteiger partial charge in [-0.15, -0.1) is 0 Å². The summed E-state index contributed by atoms with van der Waals surface area (Å²) in [5, 5.41) is 21.8. The fourth-order valence-corrected chi connectivity index (χ4v) is 2.86. The predicted molar refractivity (Wildman–Crippen MR) is 96.0 cm³/mol. The van der Waals surface area contributed by atoms with Gasteiger partial charge in [-0.2, -0.15) is 0 Å². The maximum absolute atomic E-state index is 12.0. The summed E-state index contributed by atoms with van der Waals surface area (Å²) >= 11 is 0. The van der Waals surface area contributed by atoms with Gasteiger partial charge in [-0.25, -0.2) is 9.78 Å². The highest BCUT2D eigenvalue weighted by molar-refractivity contribution is 6.04. The summed E-state index contributed by atoms with van der Waals surface area (Å²) in [7, 11) is 2.78. The van der Waals surface area contributed by atoms with Gasteiger partial charge in [0, 0.05) is 17.0 Å². The van der Waals surface area contributed by atoms with Gasteiger partial charge in [0.2, 0.25) is 5.88 Å². The molecule has 0 amide bonds. The summed E-state index contributed by atoms with van der Waals surface area (Å²) < 4.78 is 9.97. The average Bonchev–Trinajstić information content (AvgIpc) is 2.71. The number of aliphatic hydroxyl groups excluding tert-OH is 2. The smallest absolute Gasteiger partial charge is 0.338 e. The van der Waals surface area contributed by atoms with Crippen molar-refractivity contribution in [2.24, 2.45) is 0 Å². The molecule has 0 spiro atoms. The lowest BCUT2D eigenvalue weighted by Crippen LogP contribution is -2.12. The molecule has 2 N–H and O–H groups in total. The molecule has 1 aromatic heterocycles. The maximum Gasteiger partial charge on any atom is 0.338 e. The molecule has 2 atom stereocenters. The number of carbonyl (C=O) groups is 1. The van der Waals surface area contributed by atoms with Gasteiger partial charge < -0.3 is 19.7 Å². The van der Waals surface area contributed by atoms with E-state index in [-0.39, 0.29) is 0 Å².